The predicted octanol–water partition coefficient (Wildman–Crippen LogP) is 0.956. The van der Waals surface area contributed by atoms with E-state index in [4.69, 9.17) is 16.2 Å². The molecule has 0 aliphatic carbocycles. The van der Waals surface area contributed by atoms with Gasteiger partial charge in [-0.1, -0.05) is 13.3 Å². The van der Waals surface area contributed by atoms with Crippen molar-refractivity contribution in [2.24, 2.45) is 11.7 Å². The van der Waals surface area contributed by atoms with Gasteiger partial charge < -0.3 is 16.2 Å². The van der Waals surface area contributed by atoms with Gasteiger partial charge in [0.05, 0.1) is 0 Å². The molecule has 0 fully saturated rings. The lowest BCUT2D eigenvalue weighted by Gasteiger charge is -2.14. The van der Waals surface area contributed by atoms with Crippen molar-refractivity contribution in [2.75, 3.05) is 6.54 Å². The summed E-state index contributed by atoms with van der Waals surface area (Å²) in [7, 11) is 0. The standard InChI is InChI=1S/C10H19N3O3/c1-2-7(6-13-10(12)16)4-3-5-8(11)9(14)15/h7,11H,2-6H2,1H3,(H,14,15)(H3,12,13,16)/t7-/m0/s1. The van der Waals surface area contributed by atoms with Gasteiger partial charge in [-0.25, -0.2) is 9.59 Å². The molecule has 0 aromatic heterocycles. The van der Waals surface area contributed by atoms with Gasteiger partial charge in [-0.05, 0) is 25.2 Å². The van der Waals surface area contributed by atoms with E-state index >= 15 is 0 Å². The lowest BCUT2D eigenvalue weighted by molar-refractivity contribution is -0.129. The normalized spacial score (nSPS) is 11.8. The third kappa shape index (κ3) is 6.80. The van der Waals surface area contributed by atoms with Crippen LogP contribution in [0.1, 0.15) is 32.6 Å². The summed E-state index contributed by atoms with van der Waals surface area (Å²) in [6.07, 6.45) is 2.58. The third-order valence-corrected chi connectivity index (χ3v) is 2.44. The number of urea groups is 1. The Labute approximate surface area is 94.7 Å². The number of nitrogens with one attached hydrogen (secondary N) is 2. The number of amides is 2. The zero-order valence-corrected chi connectivity index (χ0v) is 9.45. The van der Waals surface area contributed by atoms with Crippen LogP contribution < -0.4 is 11.1 Å². The fourth-order valence-electron chi connectivity index (χ4n) is 1.37. The van der Waals surface area contributed by atoms with Crippen LogP contribution in [-0.2, 0) is 4.79 Å². The molecule has 0 heterocycles. The fourth-order valence-corrected chi connectivity index (χ4v) is 1.37. The summed E-state index contributed by atoms with van der Waals surface area (Å²) in [5, 5.41) is 18.1. The summed E-state index contributed by atoms with van der Waals surface area (Å²) < 4.78 is 0. The second-order valence-electron chi connectivity index (χ2n) is 3.70. The van der Waals surface area contributed by atoms with Crippen molar-refractivity contribution in [3.63, 3.8) is 0 Å². The first-order chi connectivity index (χ1) is 7.47. The summed E-state index contributed by atoms with van der Waals surface area (Å²) in [6, 6.07) is -0.545. The number of rotatable bonds is 8. The quantitative estimate of drug-likeness (QED) is 0.464. The van der Waals surface area contributed by atoms with E-state index in [9.17, 15) is 9.59 Å². The van der Waals surface area contributed by atoms with E-state index in [1.54, 1.807) is 0 Å². The van der Waals surface area contributed by atoms with Crippen LogP contribution in [0.15, 0.2) is 0 Å². The SMILES string of the molecule is CC[C@@H](CCCC(=N)C(=O)O)CNC(N)=O. The molecule has 0 aromatic rings. The number of carbonyl (C=O) groups excluding carboxylic acids is 1. The Morgan fingerprint density at radius 1 is 1.50 bits per heavy atom. The summed E-state index contributed by atoms with van der Waals surface area (Å²) in [6.45, 7) is 2.50. The Bertz CT molecular complexity index is 266. The number of nitrogens with two attached hydrogens (primary N) is 1. The summed E-state index contributed by atoms with van der Waals surface area (Å²) >= 11 is 0. The molecule has 0 rings (SSSR count). The minimum absolute atomic E-state index is 0.266. The fraction of sp³-hybridized carbons (Fsp3) is 0.700. The Balaban J connectivity index is 3.74. The van der Waals surface area contributed by atoms with Crippen molar-refractivity contribution in [3.8, 4) is 0 Å². The highest BCUT2D eigenvalue weighted by Gasteiger charge is 2.10. The lowest BCUT2D eigenvalue weighted by atomic mass is 9.98. The molecule has 0 saturated heterocycles. The Morgan fingerprint density at radius 3 is 2.56 bits per heavy atom. The lowest BCUT2D eigenvalue weighted by Crippen LogP contribution is -2.33. The number of carboxylic acid groups (broad SMARTS) is 1. The van der Waals surface area contributed by atoms with Gasteiger partial charge in [0.25, 0.3) is 0 Å². The first kappa shape index (κ1) is 14.4. The predicted molar refractivity (Wildman–Crippen MR) is 60.6 cm³/mol. The molecule has 5 N–H and O–H groups in total. The van der Waals surface area contributed by atoms with E-state index in [1.807, 2.05) is 6.92 Å². The first-order valence-electron chi connectivity index (χ1n) is 5.31. The molecule has 6 heteroatoms. The minimum atomic E-state index is -1.16. The largest absolute Gasteiger partial charge is 0.477 e. The molecule has 2 amide bonds. The summed E-state index contributed by atoms with van der Waals surface area (Å²) in [5.41, 5.74) is 4.68. The monoisotopic (exact) mass is 229 g/mol. The second-order valence-corrected chi connectivity index (χ2v) is 3.70. The van der Waals surface area contributed by atoms with Gasteiger partial charge >= 0.3 is 12.0 Å². The molecule has 0 aliphatic heterocycles. The first-order valence-corrected chi connectivity index (χ1v) is 5.31. The van der Waals surface area contributed by atoms with Crippen molar-refractivity contribution >= 4 is 17.7 Å². The highest BCUT2D eigenvalue weighted by atomic mass is 16.4. The maximum absolute atomic E-state index is 10.5. The van der Waals surface area contributed by atoms with Crippen molar-refractivity contribution < 1.29 is 14.7 Å². The maximum Gasteiger partial charge on any atom is 0.349 e. The number of hydrogen-bond donors (Lipinski definition) is 4. The Hall–Kier alpha value is -1.59. The van der Waals surface area contributed by atoms with Crippen LogP contribution in [0, 0.1) is 11.3 Å². The van der Waals surface area contributed by atoms with Crippen LogP contribution in [0.25, 0.3) is 0 Å². The van der Waals surface area contributed by atoms with Gasteiger partial charge in [-0.15, -0.1) is 0 Å². The number of primary amides is 1. The van der Waals surface area contributed by atoms with Gasteiger partial charge in [0.1, 0.15) is 5.71 Å². The average molecular weight is 229 g/mol. The zero-order chi connectivity index (χ0) is 12.6. The van der Waals surface area contributed by atoms with Crippen molar-refractivity contribution in [3.05, 3.63) is 0 Å². The average Bonchev–Trinajstić information content (AvgIpc) is 2.22. The van der Waals surface area contributed by atoms with Crippen LogP contribution in [0.3, 0.4) is 0 Å². The number of aliphatic carboxylic acids is 1. The molecule has 0 aromatic carbocycles. The third-order valence-electron chi connectivity index (χ3n) is 2.44. The van der Waals surface area contributed by atoms with Crippen LogP contribution in [0.5, 0.6) is 0 Å². The van der Waals surface area contributed by atoms with E-state index in [0.29, 0.717) is 13.0 Å². The molecule has 0 bridgehead atoms. The number of carbonyl (C=O) groups is 2. The molecular formula is C10H19N3O3. The molecule has 6 nitrogen and oxygen atoms in total. The molecule has 0 unspecified atom stereocenters. The number of carboxylic acids is 1. The van der Waals surface area contributed by atoms with Gasteiger partial charge in [-0.2, -0.15) is 0 Å². The smallest absolute Gasteiger partial charge is 0.349 e. The van der Waals surface area contributed by atoms with Crippen molar-refractivity contribution in [1.29, 1.82) is 5.41 Å². The van der Waals surface area contributed by atoms with Crippen LogP contribution in [0.2, 0.25) is 0 Å². The zero-order valence-electron chi connectivity index (χ0n) is 9.45. The van der Waals surface area contributed by atoms with Crippen molar-refractivity contribution in [2.45, 2.75) is 32.6 Å². The van der Waals surface area contributed by atoms with E-state index in [-0.39, 0.29) is 18.1 Å². The molecule has 0 aliphatic rings. The van der Waals surface area contributed by atoms with Gasteiger partial charge in [0, 0.05) is 6.54 Å². The molecule has 92 valence electrons. The van der Waals surface area contributed by atoms with Gasteiger partial charge in [0.2, 0.25) is 0 Å². The highest BCUT2D eigenvalue weighted by Crippen LogP contribution is 2.11. The maximum atomic E-state index is 10.5. The summed E-state index contributed by atoms with van der Waals surface area (Å²) in [4.78, 5) is 20.9. The van der Waals surface area contributed by atoms with Crippen LogP contribution in [-0.4, -0.2) is 29.4 Å². The van der Waals surface area contributed by atoms with Gasteiger partial charge in [0.15, 0.2) is 0 Å². The number of hydrogen-bond acceptors (Lipinski definition) is 3. The van der Waals surface area contributed by atoms with E-state index < -0.39 is 12.0 Å². The summed E-state index contributed by atoms with van der Waals surface area (Å²) in [5.74, 6) is -0.877. The molecule has 16 heavy (non-hydrogen) atoms. The minimum Gasteiger partial charge on any atom is -0.477 e. The highest BCUT2D eigenvalue weighted by molar-refractivity contribution is 6.34. The molecule has 0 saturated carbocycles. The van der Waals surface area contributed by atoms with E-state index in [0.717, 1.165) is 12.8 Å². The molecule has 1 atom stereocenters. The Morgan fingerprint density at radius 2 is 2.12 bits per heavy atom. The van der Waals surface area contributed by atoms with Crippen LogP contribution >= 0.6 is 0 Å². The molecule has 0 radical (unpaired) electrons. The topological polar surface area (TPSA) is 116 Å². The van der Waals surface area contributed by atoms with E-state index in [2.05, 4.69) is 5.32 Å². The van der Waals surface area contributed by atoms with Crippen LogP contribution in [0.4, 0.5) is 4.79 Å². The second kappa shape index (κ2) is 7.67. The van der Waals surface area contributed by atoms with Crippen molar-refractivity contribution in [1.82, 2.24) is 5.32 Å². The van der Waals surface area contributed by atoms with E-state index in [1.165, 1.54) is 0 Å². The Kier molecular flexibility index (Phi) is 6.91. The molecular weight excluding hydrogens is 210 g/mol. The molecule has 0 spiro atoms. The van der Waals surface area contributed by atoms with Gasteiger partial charge in [-0.3, -0.25) is 5.41 Å².